The van der Waals surface area contributed by atoms with Gasteiger partial charge in [0.25, 0.3) is 11.4 Å². The Morgan fingerprint density at radius 1 is 0.864 bits per heavy atom. The van der Waals surface area contributed by atoms with Crippen molar-refractivity contribution in [1.29, 1.82) is 10.5 Å². The molecule has 0 bridgehead atoms. The summed E-state index contributed by atoms with van der Waals surface area (Å²) in [5, 5.41) is 21.3. The number of benzene rings is 2. The maximum Gasteiger partial charge on any atom is 0.269 e. The van der Waals surface area contributed by atoms with Crippen molar-refractivity contribution in [2.75, 3.05) is 0 Å². The molecule has 1 aliphatic rings. The standard InChI is InChI=1S/C18H8N4/c1-21-15(9-19)17-11-5-3-4-6-12(11)18(16(10-20)22-2)14-8-7-13(14)17/h3-6H,7-8H2. The summed E-state index contributed by atoms with van der Waals surface area (Å²) in [5.74, 6) is 0. The van der Waals surface area contributed by atoms with Crippen LogP contribution in [0.2, 0.25) is 0 Å². The molecule has 0 heterocycles. The van der Waals surface area contributed by atoms with Crippen LogP contribution in [-0.4, -0.2) is 0 Å². The zero-order valence-electron chi connectivity index (χ0n) is 11.5. The van der Waals surface area contributed by atoms with Crippen LogP contribution in [0.15, 0.2) is 24.3 Å². The minimum absolute atomic E-state index is 0.0695. The van der Waals surface area contributed by atoms with E-state index in [1.807, 2.05) is 36.4 Å². The average Bonchev–Trinajstić information content (AvgIpc) is 2.53. The van der Waals surface area contributed by atoms with E-state index in [1.165, 1.54) is 0 Å². The van der Waals surface area contributed by atoms with Gasteiger partial charge in [-0.05, 0) is 34.7 Å². The SMILES string of the molecule is [C-]#[N+]C(C#N)=c1c2c(c(=C(C#N)[N+]#[C-])c3ccccc13)CC2. The van der Waals surface area contributed by atoms with Gasteiger partial charge >= 0.3 is 0 Å². The maximum atomic E-state index is 9.24. The summed E-state index contributed by atoms with van der Waals surface area (Å²) in [6, 6.07) is 11.3. The lowest BCUT2D eigenvalue weighted by molar-refractivity contribution is 0.826. The first-order chi connectivity index (χ1) is 10.8. The first kappa shape index (κ1) is 13.4. The molecule has 0 fully saturated rings. The van der Waals surface area contributed by atoms with E-state index < -0.39 is 0 Å². The van der Waals surface area contributed by atoms with Crippen molar-refractivity contribution >= 4 is 22.2 Å². The second kappa shape index (κ2) is 5.06. The van der Waals surface area contributed by atoms with Crippen LogP contribution in [-0.2, 0) is 12.8 Å². The normalized spacial score (nSPS) is 14.4. The van der Waals surface area contributed by atoms with Gasteiger partial charge < -0.3 is 0 Å². The van der Waals surface area contributed by atoms with Crippen molar-refractivity contribution in [2.45, 2.75) is 12.8 Å². The Labute approximate surface area is 127 Å². The topological polar surface area (TPSA) is 56.3 Å². The molecule has 0 atom stereocenters. The summed E-state index contributed by atoms with van der Waals surface area (Å²) in [7, 11) is 0. The molecule has 0 N–H and O–H groups in total. The first-order valence-electron chi connectivity index (χ1n) is 6.63. The van der Waals surface area contributed by atoms with Gasteiger partial charge in [0, 0.05) is 10.4 Å². The highest BCUT2D eigenvalue weighted by molar-refractivity contribution is 5.93. The van der Waals surface area contributed by atoms with E-state index in [-0.39, 0.29) is 11.4 Å². The van der Waals surface area contributed by atoms with Crippen molar-refractivity contribution in [2.24, 2.45) is 0 Å². The lowest BCUT2D eigenvalue weighted by atomic mass is 9.81. The number of nitriles is 2. The predicted octanol–water partition coefficient (Wildman–Crippen LogP) is 2.04. The molecule has 100 valence electrons. The van der Waals surface area contributed by atoms with Gasteiger partial charge in [-0.3, -0.25) is 0 Å². The molecule has 22 heavy (non-hydrogen) atoms. The Balaban J connectivity index is 2.78. The first-order valence-corrected chi connectivity index (χ1v) is 6.63. The van der Waals surface area contributed by atoms with E-state index in [0.29, 0.717) is 10.4 Å². The van der Waals surface area contributed by atoms with Crippen LogP contribution in [0.25, 0.3) is 31.9 Å². The minimum Gasteiger partial charge on any atom is -0.226 e. The third kappa shape index (κ3) is 1.66. The fraction of sp³-hybridized carbons (Fsp3) is 0.111. The summed E-state index contributed by atoms with van der Waals surface area (Å²) >= 11 is 0. The molecule has 4 nitrogen and oxygen atoms in total. The highest BCUT2D eigenvalue weighted by Crippen LogP contribution is 2.22. The Kier molecular flexibility index (Phi) is 3.08. The van der Waals surface area contributed by atoms with E-state index in [4.69, 9.17) is 13.1 Å². The molecule has 0 aromatic heterocycles. The molecule has 2 aromatic carbocycles. The Morgan fingerprint density at radius 2 is 1.27 bits per heavy atom. The quantitative estimate of drug-likeness (QED) is 0.693. The minimum atomic E-state index is 0.0695. The zero-order chi connectivity index (χ0) is 15.7. The van der Waals surface area contributed by atoms with Gasteiger partial charge in [0.15, 0.2) is 0 Å². The van der Waals surface area contributed by atoms with Gasteiger partial charge in [-0.25, -0.2) is 20.2 Å². The van der Waals surface area contributed by atoms with Crippen LogP contribution in [0.5, 0.6) is 0 Å². The largest absolute Gasteiger partial charge is 0.269 e. The van der Waals surface area contributed by atoms with Crippen LogP contribution in [0, 0.1) is 35.8 Å². The van der Waals surface area contributed by atoms with Crippen molar-refractivity contribution in [3.8, 4) is 12.1 Å². The molecule has 0 radical (unpaired) electrons. The molecule has 2 aromatic rings. The number of fused-ring (bicyclic) bond motifs is 2. The second-order valence-electron chi connectivity index (χ2n) is 4.90. The summed E-state index contributed by atoms with van der Waals surface area (Å²) in [5.41, 5.74) is 2.00. The Hall–Kier alpha value is -3.60. The van der Waals surface area contributed by atoms with Crippen LogP contribution in [0.1, 0.15) is 11.1 Å². The van der Waals surface area contributed by atoms with Crippen molar-refractivity contribution < 1.29 is 0 Å². The smallest absolute Gasteiger partial charge is 0.226 e. The van der Waals surface area contributed by atoms with Gasteiger partial charge in [0.2, 0.25) is 0 Å². The van der Waals surface area contributed by atoms with Gasteiger partial charge in [0.1, 0.15) is 0 Å². The second-order valence-corrected chi connectivity index (χ2v) is 4.90. The van der Waals surface area contributed by atoms with E-state index >= 15 is 0 Å². The summed E-state index contributed by atoms with van der Waals surface area (Å²) < 4.78 is 0. The number of hydrogen-bond donors (Lipinski definition) is 0. The highest BCUT2D eigenvalue weighted by atomic mass is 14.7. The van der Waals surface area contributed by atoms with E-state index in [9.17, 15) is 10.5 Å². The van der Waals surface area contributed by atoms with E-state index in [0.717, 1.165) is 34.7 Å². The number of hydrogen-bond acceptors (Lipinski definition) is 2. The van der Waals surface area contributed by atoms with Crippen molar-refractivity contribution in [3.63, 3.8) is 0 Å². The molecular weight excluding hydrogens is 272 g/mol. The fourth-order valence-corrected chi connectivity index (χ4v) is 2.99. The maximum absolute atomic E-state index is 9.24. The molecule has 0 saturated carbocycles. The summed E-state index contributed by atoms with van der Waals surface area (Å²) in [4.78, 5) is 6.70. The average molecular weight is 280 g/mol. The van der Waals surface area contributed by atoms with Gasteiger partial charge in [-0.15, -0.1) is 0 Å². The molecule has 3 rings (SSSR count). The van der Waals surface area contributed by atoms with Gasteiger partial charge in [-0.2, -0.15) is 0 Å². The highest BCUT2D eigenvalue weighted by Gasteiger charge is 2.22. The molecule has 1 aliphatic carbocycles. The molecule has 0 unspecified atom stereocenters. The Morgan fingerprint density at radius 3 is 1.55 bits per heavy atom. The molecular formula is C18H8N4. The number of rotatable bonds is 0. The lowest BCUT2D eigenvalue weighted by Gasteiger charge is -2.23. The molecule has 0 saturated heterocycles. The third-order valence-corrected chi connectivity index (χ3v) is 3.97. The van der Waals surface area contributed by atoms with E-state index in [1.54, 1.807) is 0 Å². The molecule has 0 aliphatic heterocycles. The van der Waals surface area contributed by atoms with Gasteiger partial charge in [-0.1, -0.05) is 24.3 Å². The molecule has 0 spiro atoms. The number of nitrogens with zero attached hydrogens (tertiary/aromatic N) is 4. The molecule has 4 heteroatoms. The third-order valence-electron chi connectivity index (χ3n) is 3.97. The summed E-state index contributed by atoms with van der Waals surface area (Å²) in [6.45, 7) is 14.5. The Bertz CT molecular complexity index is 987. The van der Waals surface area contributed by atoms with Gasteiger partial charge in [0.05, 0.1) is 25.3 Å². The molecule has 0 amide bonds. The predicted molar refractivity (Wildman–Crippen MR) is 81.9 cm³/mol. The van der Waals surface area contributed by atoms with Crippen molar-refractivity contribution in [3.05, 3.63) is 68.7 Å². The van der Waals surface area contributed by atoms with Crippen LogP contribution in [0.3, 0.4) is 0 Å². The van der Waals surface area contributed by atoms with Crippen LogP contribution < -0.4 is 10.4 Å². The summed E-state index contributed by atoms with van der Waals surface area (Å²) in [6.07, 6.45) is 1.53. The van der Waals surface area contributed by atoms with Crippen LogP contribution in [0.4, 0.5) is 0 Å². The van der Waals surface area contributed by atoms with Crippen LogP contribution >= 0.6 is 0 Å². The lowest BCUT2D eigenvalue weighted by Crippen LogP contribution is -2.33. The zero-order valence-corrected chi connectivity index (χ0v) is 11.5. The monoisotopic (exact) mass is 280 g/mol. The van der Waals surface area contributed by atoms with E-state index in [2.05, 4.69) is 9.69 Å². The fourth-order valence-electron chi connectivity index (χ4n) is 2.99. The van der Waals surface area contributed by atoms with Crippen molar-refractivity contribution in [1.82, 2.24) is 0 Å².